The molecular formula is C14H18N5NaO9S3. The van der Waals surface area contributed by atoms with Gasteiger partial charge in [0.2, 0.25) is 15.9 Å². The van der Waals surface area contributed by atoms with Crippen molar-refractivity contribution in [3.05, 3.63) is 22.4 Å². The summed E-state index contributed by atoms with van der Waals surface area (Å²) in [6.07, 6.45) is 0.819. The van der Waals surface area contributed by atoms with E-state index < -0.39 is 62.8 Å². The Labute approximate surface area is 210 Å². The van der Waals surface area contributed by atoms with Gasteiger partial charge >= 0.3 is 51.9 Å². The Morgan fingerprint density at radius 3 is 2.34 bits per heavy atom. The third kappa shape index (κ3) is 5.41. The fourth-order valence-electron chi connectivity index (χ4n) is 2.90. The van der Waals surface area contributed by atoms with Gasteiger partial charge in [0.1, 0.15) is 12.1 Å². The fraction of sp³-hybridized carbons (Fsp3) is 0.429. The second-order valence-corrected chi connectivity index (χ2v) is 10.8. The second kappa shape index (κ2) is 9.62. The van der Waals surface area contributed by atoms with Gasteiger partial charge in [-0.25, -0.2) is 31.5 Å². The van der Waals surface area contributed by atoms with Crippen LogP contribution in [0.15, 0.2) is 17.5 Å². The molecule has 0 saturated carbocycles. The largest absolute Gasteiger partial charge is 1.00 e. The minimum atomic E-state index is -4.73. The molecular weight excluding hydrogens is 501 g/mol. The van der Waals surface area contributed by atoms with Crippen LogP contribution in [0.1, 0.15) is 12.3 Å². The SMILES string of the molecule is CS(=O)(=O)N1CCN(C(=O)NC(C(=O)NC2CN(S(=O)(=O)O)C2=O)c2cccs2)C1=O.[H-].[Na+]. The van der Waals surface area contributed by atoms with E-state index in [9.17, 15) is 36.0 Å². The van der Waals surface area contributed by atoms with Crippen molar-refractivity contribution in [3.63, 3.8) is 0 Å². The monoisotopic (exact) mass is 519 g/mol. The van der Waals surface area contributed by atoms with Crippen molar-refractivity contribution in [2.75, 3.05) is 25.9 Å². The molecule has 1 aromatic rings. The molecule has 0 spiro atoms. The molecule has 2 aliphatic heterocycles. The Morgan fingerprint density at radius 1 is 1.22 bits per heavy atom. The molecule has 3 N–H and O–H groups in total. The Balaban J connectivity index is 0.00000272. The molecule has 2 atom stereocenters. The van der Waals surface area contributed by atoms with Crippen LogP contribution in [0.4, 0.5) is 9.59 Å². The van der Waals surface area contributed by atoms with E-state index in [1.165, 1.54) is 6.07 Å². The van der Waals surface area contributed by atoms with Crippen LogP contribution in [0.5, 0.6) is 0 Å². The predicted octanol–water partition coefficient (Wildman–Crippen LogP) is -4.56. The Hall–Kier alpha value is -1.76. The molecule has 172 valence electrons. The van der Waals surface area contributed by atoms with Crippen molar-refractivity contribution in [1.82, 2.24) is 24.1 Å². The quantitative estimate of drug-likeness (QED) is 0.189. The number of urea groups is 2. The number of carbonyl (C=O) groups excluding carboxylic acids is 4. The summed E-state index contributed by atoms with van der Waals surface area (Å²) in [6, 6.07) is -1.57. The van der Waals surface area contributed by atoms with Gasteiger partial charge in [0.25, 0.3) is 5.91 Å². The van der Waals surface area contributed by atoms with Gasteiger partial charge in [-0.15, -0.1) is 11.3 Å². The van der Waals surface area contributed by atoms with Gasteiger partial charge in [0, 0.05) is 4.88 Å². The summed E-state index contributed by atoms with van der Waals surface area (Å²) in [6.45, 7) is -0.938. The molecule has 32 heavy (non-hydrogen) atoms. The van der Waals surface area contributed by atoms with Crippen LogP contribution < -0.4 is 40.2 Å². The van der Waals surface area contributed by atoms with Crippen LogP contribution in [-0.4, -0.2) is 90.7 Å². The zero-order chi connectivity index (χ0) is 23.1. The molecule has 6 amide bonds. The maximum atomic E-state index is 12.7. The van der Waals surface area contributed by atoms with Crippen LogP contribution in [0, 0.1) is 0 Å². The Kier molecular flexibility index (Phi) is 7.96. The van der Waals surface area contributed by atoms with E-state index in [4.69, 9.17) is 4.55 Å². The average Bonchev–Trinajstić information content (AvgIpc) is 3.30. The molecule has 2 aliphatic rings. The maximum Gasteiger partial charge on any atom is 1.00 e. The van der Waals surface area contributed by atoms with Gasteiger partial charge in [0.15, 0.2) is 0 Å². The number of β-lactam (4-membered cyclic amide) rings is 1. The van der Waals surface area contributed by atoms with Crippen LogP contribution in [0.25, 0.3) is 0 Å². The van der Waals surface area contributed by atoms with Crippen molar-refractivity contribution in [3.8, 4) is 0 Å². The van der Waals surface area contributed by atoms with E-state index in [2.05, 4.69) is 10.6 Å². The summed E-state index contributed by atoms with van der Waals surface area (Å²) in [7, 11) is -8.60. The number of rotatable bonds is 6. The van der Waals surface area contributed by atoms with Gasteiger partial charge in [-0.3, -0.25) is 14.1 Å². The van der Waals surface area contributed by atoms with Gasteiger partial charge in [0.05, 0.1) is 25.9 Å². The normalized spacial score (nSPS) is 19.8. The van der Waals surface area contributed by atoms with E-state index in [1.54, 1.807) is 11.4 Å². The van der Waals surface area contributed by atoms with Crippen LogP contribution in [-0.2, 0) is 29.9 Å². The summed E-state index contributed by atoms with van der Waals surface area (Å²) >= 11 is 1.09. The van der Waals surface area contributed by atoms with E-state index in [-0.39, 0.29) is 48.4 Å². The van der Waals surface area contributed by atoms with Crippen molar-refractivity contribution in [2.45, 2.75) is 12.1 Å². The molecule has 0 bridgehead atoms. The van der Waals surface area contributed by atoms with Gasteiger partial charge in [-0.1, -0.05) is 6.07 Å². The minimum absolute atomic E-state index is 0. The van der Waals surface area contributed by atoms with Crippen molar-refractivity contribution in [1.29, 1.82) is 0 Å². The number of carbonyl (C=O) groups is 4. The molecule has 0 aromatic carbocycles. The number of nitrogens with one attached hydrogen (secondary N) is 2. The molecule has 2 fully saturated rings. The smallest absolute Gasteiger partial charge is 1.00 e. The summed E-state index contributed by atoms with van der Waals surface area (Å²) in [5, 5.41) is 6.21. The molecule has 0 radical (unpaired) electrons. The summed E-state index contributed by atoms with van der Waals surface area (Å²) in [5.74, 6) is -1.92. The number of amides is 6. The molecule has 3 rings (SSSR count). The first-order valence-electron chi connectivity index (χ1n) is 8.53. The van der Waals surface area contributed by atoms with E-state index in [0.29, 0.717) is 14.1 Å². The number of sulfonamides is 1. The average molecular weight is 520 g/mol. The summed E-state index contributed by atoms with van der Waals surface area (Å²) < 4.78 is 54.8. The number of hydrogen-bond acceptors (Lipinski definition) is 9. The standard InChI is InChI=1S/C14H17N5O9S3.Na.H/c1-30(24,25)18-5-4-17(14(18)23)13(22)16-10(9-3-2-6-29-9)11(20)15-8-7-19(12(8)21)31(26,27)28;;/h2-3,6,8,10H,4-5,7H2,1H3,(H,15,20)(H,16,22)(H,26,27,28);;/q;+1;-1. The molecule has 18 heteroatoms. The van der Waals surface area contributed by atoms with Crippen LogP contribution in [0.3, 0.4) is 0 Å². The molecule has 14 nitrogen and oxygen atoms in total. The van der Waals surface area contributed by atoms with Crippen molar-refractivity contribution in [2.24, 2.45) is 0 Å². The molecule has 2 unspecified atom stereocenters. The van der Waals surface area contributed by atoms with Gasteiger partial charge in [-0.2, -0.15) is 8.42 Å². The van der Waals surface area contributed by atoms with E-state index in [1.807, 2.05) is 0 Å². The molecule has 3 heterocycles. The third-order valence-corrected chi connectivity index (χ3v) is 7.42. The maximum absolute atomic E-state index is 12.7. The third-order valence-electron chi connectivity index (χ3n) is 4.46. The van der Waals surface area contributed by atoms with Crippen molar-refractivity contribution >= 4 is 55.5 Å². The van der Waals surface area contributed by atoms with Crippen LogP contribution >= 0.6 is 11.3 Å². The van der Waals surface area contributed by atoms with Gasteiger partial charge in [-0.05, 0) is 11.4 Å². The predicted molar refractivity (Wildman–Crippen MR) is 106 cm³/mol. The fourth-order valence-corrected chi connectivity index (χ4v) is 5.16. The topological polar surface area (TPSA) is 191 Å². The number of imide groups is 1. The minimum Gasteiger partial charge on any atom is -1.00 e. The molecule has 0 aliphatic carbocycles. The summed E-state index contributed by atoms with van der Waals surface area (Å²) in [4.78, 5) is 50.3. The molecule has 2 saturated heterocycles. The first-order chi connectivity index (χ1) is 14.3. The second-order valence-electron chi connectivity index (χ2n) is 6.58. The van der Waals surface area contributed by atoms with E-state index >= 15 is 0 Å². The Bertz CT molecular complexity index is 1150. The zero-order valence-corrected chi connectivity index (χ0v) is 21.2. The van der Waals surface area contributed by atoms with Crippen molar-refractivity contribution < 1.29 is 71.6 Å². The van der Waals surface area contributed by atoms with Gasteiger partial charge < -0.3 is 12.1 Å². The zero-order valence-electron chi connectivity index (χ0n) is 17.8. The molecule has 1 aromatic heterocycles. The number of thiophene rings is 1. The number of nitrogens with zero attached hydrogens (tertiary/aromatic N) is 3. The summed E-state index contributed by atoms with van der Waals surface area (Å²) in [5.41, 5.74) is 0. The first kappa shape index (κ1) is 26.5. The van der Waals surface area contributed by atoms with E-state index in [0.717, 1.165) is 17.6 Å². The Morgan fingerprint density at radius 2 is 1.88 bits per heavy atom. The first-order valence-corrected chi connectivity index (χ1v) is 12.7. The number of hydrogen-bond donors (Lipinski definition) is 3. The van der Waals surface area contributed by atoms with Crippen LogP contribution in [0.2, 0.25) is 0 Å².